The van der Waals surface area contributed by atoms with Crippen molar-refractivity contribution < 1.29 is 18.0 Å². The van der Waals surface area contributed by atoms with Crippen LogP contribution in [0.1, 0.15) is 31.4 Å². The van der Waals surface area contributed by atoms with Crippen molar-refractivity contribution in [2.24, 2.45) is 0 Å². The van der Waals surface area contributed by atoms with Gasteiger partial charge in [0.1, 0.15) is 12.6 Å². The van der Waals surface area contributed by atoms with Crippen molar-refractivity contribution in [1.29, 1.82) is 0 Å². The molecule has 0 saturated heterocycles. The van der Waals surface area contributed by atoms with Gasteiger partial charge in [0.05, 0.1) is 10.6 Å². The van der Waals surface area contributed by atoms with Crippen molar-refractivity contribution in [3.05, 3.63) is 92.9 Å². The Labute approximate surface area is 244 Å². The molecular weight excluding hydrogens is 581 g/mol. The first-order valence-electron chi connectivity index (χ1n) is 12.3. The summed E-state index contributed by atoms with van der Waals surface area (Å²) in [6.07, 6.45) is 0.301. The third kappa shape index (κ3) is 7.66. The monoisotopic (exact) mass is 609 g/mol. The Balaban J connectivity index is 2.11. The molecule has 0 unspecified atom stereocenters. The topological polar surface area (TPSA) is 86.8 Å². The van der Waals surface area contributed by atoms with Crippen LogP contribution in [0.2, 0.25) is 15.1 Å². The molecule has 0 fully saturated rings. The average Bonchev–Trinajstić information content (AvgIpc) is 2.87. The van der Waals surface area contributed by atoms with Crippen LogP contribution >= 0.6 is 34.8 Å². The van der Waals surface area contributed by atoms with Gasteiger partial charge < -0.3 is 10.2 Å². The van der Waals surface area contributed by atoms with Crippen molar-refractivity contribution in [2.75, 3.05) is 17.4 Å². The third-order valence-electron chi connectivity index (χ3n) is 6.06. The highest BCUT2D eigenvalue weighted by Gasteiger charge is 2.34. The molecule has 208 valence electrons. The van der Waals surface area contributed by atoms with Gasteiger partial charge >= 0.3 is 0 Å². The number of hydrogen-bond acceptors (Lipinski definition) is 4. The highest BCUT2D eigenvalue weighted by atomic mass is 35.5. The van der Waals surface area contributed by atoms with Gasteiger partial charge in [-0.2, -0.15) is 0 Å². The van der Waals surface area contributed by atoms with Crippen LogP contribution in [0.25, 0.3) is 0 Å². The van der Waals surface area contributed by atoms with Crippen LogP contribution in [0, 0.1) is 6.92 Å². The van der Waals surface area contributed by atoms with Gasteiger partial charge in [-0.3, -0.25) is 13.9 Å². The molecule has 1 atom stereocenters. The van der Waals surface area contributed by atoms with E-state index in [-0.39, 0.29) is 33.1 Å². The van der Waals surface area contributed by atoms with E-state index in [9.17, 15) is 18.0 Å². The number of sulfonamides is 1. The molecule has 0 spiro atoms. The van der Waals surface area contributed by atoms with Crippen LogP contribution < -0.4 is 9.62 Å². The Morgan fingerprint density at radius 3 is 2.10 bits per heavy atom. The van der Waals surface area contributed by atoms with Gasteiger partial charge in [-0.05, 0) is 62.2 Å². The Bertz CT molecular complexity index is 1410. The van der Waals surface area contributed by atoms with Gasteiger partial charge in [0.2, 0.25) is 11.8 Å². The maximum Gasteiger partial charge on any atom is 0.264 e. The molecular formula is C28H30Cl3N3O4S. The maximum atomic E-state index is 14.0. The fraction of sp³-hybridized carbons (Fsp3) is 0.286. The van der Waals surface area contributed by atoms with Crippen molar-refractivity contribution in [2.45, 2.75) is 44.7 Å². The van der Waals surface area contributed by atoms with E-state index in [0.717, 1.165) is 9.87 Å². The smallest absolute Gasteiger partial charge is 0.264 e. The number of carbonyl (C=O) groups excluding carboxylic acids is 2. The number of nitrogens with zero attached hydrogens (tertiary/aromatic N) is 2. The number of likely N-dealkylation sites (N-methyl/N-ethyl adjacent to an activating group) is 1. The summed E-state index contributed by atoms with van der Waals surface area (Å²) in [6.45, 7) is 5.18. The van der Waals surface area contributed by atoms with Crippen molar-refractivity contribution in [3.8, 4) is 0 Å². The predicted molar refractivity (Wildman–Crippen MR) is 157 cm³/mol. The van der Waals surface area contributed by atoms with E-state index in [2.05, 4.69) is 5.32 Å². The van der Waals surface area contributed by atoms with Crippen LogP contribution in [0.15, 0.2) is 71.6 Å². The quantitative estimate of drug-likeness (QED) is 0.285. The van der Waals surface area contributed by atoms with Crippen molar-refractivity contribution in [1.82, 2.24) is 10.2 Å². The van der Waals surface area contributed by atoms with Crippen LogP contribution in [-0.2, 0) is 26.2 Å². The van der Waals surface area contributed by atoms with E-state index >= 15 is 0 Å². The number of amides is 2. The van der Waals surface area contributed by atoms with E-state index in [1.54, 1.807) is 50.2 Å². The number of benzene rings is 3. The number of aryl methyl sites for hydroxylation is 1. The summed E-state index contributed by atoms with van der Waals surface area (Å²) in [4.78, 5) is 28.3. The lowest BCUT2D eigenvalue weighted by Crippen LogP contribution is -2.52. The first-order valence-corrected chi connectivity index (χ1v) is 14.9. The SMILES string of the molecule is CCNC(=O)[C@H](CC)N(Cc1ccccc1Cl)C(=O)CN(c1cc(Cl)cc(Cl)c1)S(=O)(=O)c1ccc(C)cc1. The molecule has 0 aliphatic heterocycles. The molecule has 0 aliphatic carbocycles. The molecule has 0 saturated carbocycles. The normalized spacial score (nSPS) is 12.1. The Hall–Kier alpha value is -2.78. The van der Waals surface area contributed by atoms with Gasteiger partial charge in [-0.15, -0.1) is 0 Å². The fourth-order valence-electron chi connectivity index (χ4n) is 4.07. The molecule has 3 aromatic rings. The summed E-state index contributed by atoms with van der Waals surface area (Å²) in [7, 11) is -4.23. The van der Waals surface area contributed by atoms with E-state index in [4.69, 9.17) is 34.8 Å². The molecule has 0 aromatic heterocycles. The standard InChI is InChI=1S/C28H30Cl3N3O4S/c1-4-26(28(36)32-5-2)33(17-20-8-6-7-9-25(20)31)27(35)18-34(23-15-21(29)14-22(30)16-23)39(37,38)24-12-10-19(3)11-13-24/h6-16,26H,4-5,17-18H2,1-3H3,(H,32,36)/t26-/m0/s1. The summed E-state index contributed by atoms with van der Waals surface area (Å²) in [5, 5.41) is 3.59. The number of rotatable bonds is 11. The molecule has 0 aliphatic rings. The second-order valence-corrected chi connectivity index (χ2v) is 12.0. The van der Waals surface area contributed by atoms with Gasteiger partial charge in [-0.1, -0.05) is 77.6 Å². The third-order valence-corrected chi connectivity index (χ3v) is 8.65. The average molecular weight is 611 g/mol. The highest BCUT2D eigenvalue weighted by Crippen LogP contribution is 2.30. The van der Waals surface area contributed by atoms with Crippen LogP contribution in [0.5, 0.6) is 0 Å². The summed E-state index contributed by atoms with van der Waals surface area (Å²) in [5.41, 5.74) is 1.61. The minimum Gasteiger partial charge on any atom is -0.355 e. The van der Waals surface area contributed by atoms with Gasteiger partial charge in [0.25, 0.3) is 10.0 Å². The molecule has 1 N–H and O–H groups in total. The Morgan fingerprint density at radius 1 is 0.923 bits per heavy atom. The molecule has 0 radical (unpaired) electrons. The molecule has 2 amide bonds. The molecule has 0 heterocycles. The van der Waals surface area contributed by atoms with Gasteiger partial charge in [0, 0.05) is 28.2 Å². The van der Waals surface area contributed by atoms with Crippen LogP contribution in [0.3, 0.4) is 0 Å². The number of hydrogen-bond donors (Lipinski definition) is 1. The minimum atomic E-state index is -4.23. The largest absolute Gasteiger partial charge is 0.355 e. The maximum absolute atomic E-state index is 14.0. The van der Waals surface area contributed by atoms with Crippen LogP contribution in [0.4, 0.5) is 5.69 Å². The van der Waals surface area contributed by atoms with E-state index in [1.807, 2.05) is 6.92 Å². The second kappa shape index (κ2) is 13.5. The number of anilines is 1. The van der Waals surface area contributed by atoms with E-state index < -0.39 is 28.5 Å². The second-order valence-electron chi connectivity index (χ2n) is 8.88. The summed E-state index contributed by atoms with van der Waals surface area (Å²) in [6, 6.07) is 16.7. The predicted octanol–water partition coefficient (Wildman–Crippen LogP) is 6.09. The fourth-order valence-corrected chi connectivity index (χ4v) is 6.18. The Kier molecular flexibility index (Phi) is 10.7. The zero-order valence-corrected chi connectivity index (χ0v) is 24.9. The van der Waals surface area contributed by atoms with Gasteiger partial charge in [-0.25, -0.2) is 8.42 Å². The van der Waals surface area contributed by atoms with Crippen LogP contribution in [-0.4, -0.2) is 44.3 Å². The molecule has 11 heteroatoms. The molecule has 7 nitrogen and oxygen atoms in total. The van der Waals surface area contributed by atoms with Gasteiger partial charge in [0.15, 0.2) is 0 Å². The first-order chi connectivity index (χ1) is 18.5. The first kappa shape index (κ1) is 30.8. The lowest BCUT2D eigenvalue weighted by Gasteiger charge is -2.33. The minimum absolute atomic E-state index is 0.00285. The highest BCUT2D eigenvalue weighted by molar-refractivity contribution is 7.92. The zero-order valence-electron chi connectivity index (χ0n) is 21.8. The van der Waals surface area contributed by atoms with E-state index in [0.29, 0.717) is 23.6 Å². The molecule has 3 aromatic carbocycles. The lowest BCUT2D eigenvalue weighted by atomic mass is 10.1. The zero-order chi connectivity index (χ0) is 28.7. The van der Waals surface area contributed by atoms with Crippen molar-refractivity contribution >= 4 is 62.3 Å². The van der Waals surface area contributed by atoms with E-state index in [1.165, 1.54) is 35.2 Å². The molecule has 39 heavy (non-hydrogen) atoms. The summed E-state index contributed by atoms with van der Waals surface area (Å²) >= 11 is 18.8. The summed E-state index contributed by atoms with van der Waals surface area (Å²) in [5.74, 6) is -0.945. The number of halogens is 3. The molecule has 0 bridgehead atoms. The lowest BCUT2D eigenvalue weighted by molar-refractivity contribution is -0.140. The number of carbonyl (C=O) groups is 2. The number of nitrogens with one attached hydrogen (secondary N) is 1. The summed E-state index contributed by atoms with van der Waals surface area (Å²) < 4.78 is 28.7. The molecule has 3 rings (SSSR count). The Morgan fingerprint density at radius 2 is 1.54 bits per heavy atom. The van der Waals surface area contributed by atoms with Crippen molar-refractivity contribution in [3.63, 3.8) is 0 Å².